The molecule has 3 N–H and O–H groups in total. The zero-order valence-electron chi connectivity index (χ0n) is 16.9. The molecule has 0 aromatic rings. The van der Waals surface area contributed by atoms with Crippen molar-refractivity contribution in [3.63, 3.8) is 0 Å². The largest absolute Gasteiger partial charge is 0.462 e. The average molecular weight is 427 g/mol. The zero-order valence-corrected chi connectivity index (χ0v) is 17.6. The number of fused-ring (bicyclic) bond motifs is 1. The van der Waals surface area contributed by atoms with Crippen LogP contribution in [0.25, 0.3) is 0 Å². The van der Waals surface area contributed by atoms with Crippen LogP contribution in [-0.2, 0) is 19.0 Å². The van der Waals surface area contributed by atoms with Gasteiger partial charge in [0.2, 0.25) is 0 Å². The molecule has 29 heavy (non-hydrogen) atoms. The molecule has 0 spiro atoms. The number of methoxy groups -OCH3 is 1. The lowest BCUT2D eigenvalue weighted by Gasteiger charge is -2.41. The van der Waals surface area contributed by atoms with E-state index in [2.05, 4.69) is 5.32 Å². The van der Waals surface area contributed by atoms with Gasteiger partial charge in [-0.25, -0.2) is 14.8 Å². The first kappa shape index (κ1) is 21.5. The van der Waals surface area contributed by atoms with Crippen molar-refractivity contribution in [1.29, 1.82) is 0 Å². The summed E-state index contributed by atoms with van der Waals surface area (Å²) in [6.45, 7) is 3.11. The first-order valence-corrected chi connectivity index (χ1v) is 9.99. The molecule has 0 bridgehead atoms. The van der Waals surface area contributed by atoms with Crippen molar-refractivity contribution >= 4 is 23.6 Å². The minimum atomic E-state index is -0.416. The Hall–Kier alpha value is -2.23. The number of ether oxygens (including phenoxy) is 3. The number of amides is 2. The van der Waals surface area contributed by atoms with Crippen LogP contribution in [0.1, 0.15) is 26.2 Å². The van der Waals surface area contributed by atoms with Crippen LogP contribution in [-0.4, -0.2) is 68.0 Å². The Labute approximate surface area is 175 Å². The molecule has 3 aliphatic rings. The number of halogens is 1. The van der Waals surface area contributed by atoms with Gasteiger partial charge in [-0.05, 0) is 26.2 Å². The van der Waals surface area contributed by atoms with E-state index < -0.39 is 6.09 Å². The third kappa shape index (κ3) is 4.36. The third-order valence-electron chi connectivity index (χ3n) is 5.42. The Bertz CT molecular complexity index is 779. The SMILES string of the molecule is CCOC(=O)N(C)N1CCC(NC(=O)C2=C3OC=C(Cl)C(N)=C3CC2)C(OC)C1. The van der Waals surface area contributed by atoms with Crippen LogP contribution in [0.3, 0.4) is 0 Å². The summed E-state index contributed by atoms with van der Waals surface area (Å²) in [5.41, 5.74) is 7.80. The van der Waals surface area contributed by atoms with Crippen LogP contribution in [0.5, 0.6) is 0 Å². The van der Waals surface area contributed by atoms with Gasteiger partial charge in [0.1, 0.15) is 12.0 Å². The van der Waals surface area contributed by atoms with E-state index >= 15 is 0 Å². The third-order valence-corrected chi connectivity index (χ3v) is 5.72. The first-order chi connectivity index (χ1) is 13.9. The number of nitrogens with two attached hydrogens (primary N) is 1. The fourth-order valence-corrected chi connectivity index (χ4v) is 3.92. The van der Waals surface area contributed by atoms with Crippen LogP contribution in [0.15, 0.2) is 33.9 Å². The second-order valence-electron chi connectivity index (χ2n) is 7.06. The normalized spacial score (nSPS) is 24.6. The van der Waals surface area contributed by atoms with Gasteiger partial charge < -0.3 is 25.3 Å². The lowest BCUT2D eigenvalue weighted by Crippen LogP contribution is -2.59. The molecule has 2 unspecified atom stereocenters. The predicted molar refractivity (Wildman–Crippen MR) is 106 cm³/mol. The second kappa shape index (κ2) is 9.06. The van der Waals surface area contributed by atoms with Gasteiger partial charge in [-0.15, -0.1) is 0 Å². The van der Waals surface area contributed by atoms with E-state index in [4.69, 9.17) is 31.5 Å². The minimum Gasteiger partial charge on any atom is -0.462 e. The topological polar surface area (TPSA) is 106 Å². The Morgan fingerprint density at radius 1 is 1.45 bits per heavy atom. The lowest BCUT2D eigenvalue weighted by molar-refractivity contribution is -0.122. The van der Waals surface area contributed by atoms with Gasteiger partial charge in [0.25, 0.3) is 5.91 Å². The van der Waals surface area contributed by atoms with Crippen molar-refractivity contribution in [2.45, 2.75) is 38.3 Å². The van der Waals surface area contributed by atoms with E-state index in [-0.39, 0.29) is 18.1 Å². The maximum atomic E-state index is 12.9. The molecule has 1 fully saturated rings. The Balaban J connectivity index is 1.65. The summed E-state index contributed by atoms with van der Waals surface area (Å²) in [5.74, 6) is 0.298. The highest BCUT2D eigenvalue weighted by Crippen LogP contribution is 2.39. The number of nitrogens with one attached hydrogen (secondary N) is 1. The van der Waals surface area contributed by atoms with E-state index in [1.807, 2.05) is 5.01 Å². The highest BCUT2D eigenvalue weighted by molar-refractivity contribution is 6.32. The van der Waals surface area contributed by atoms with Crippen LogP contribution >= 0.6 is 11.6 Å². The Morgan fingerprint density at radius 2 is 2.21 bits per heavy atom. The van der Waals surface area contributed by atoms with Crippen LogP contribution in [0.2, 0.25) is 0 Å². The summed E-state index contributed by atoms with van der Waals surface area (Å²) in [6, 6.07) is -0.194. The van der Waals surface area contributed by atoms with E-state index in [1.165, 1.54) is 11.3 Å². The monoisotopic (exact) mass is 426 g/mol. The average Bonchev–Trinajstić information content (AvgIpc) is 3.15. The fourth-order valence-electron chi connectivity index (χ4n) is 3.76. The molecule has 2 amide bonds. The van der Waals surface area contributed by atoms with Crippen molar-refractivity contribution in [2.75, 3.05) is 33.9 Å². The number of carbonyl (C=O) groups excluding carboxylic acids is 2. The van der Waals surface area contributed by atoms with Gasteiger partial charge in [-0.3, -0.25) is 4.79 Å². The molecule has 0 saturated carbocycles. The molecular weight excluding hydrogens is 400 g/mol. The number of piperidine rings is 1. The second-order valence-corrected chi connectivity index (χ2v) is 7.47. The molecule has 3 rings (SSSR count). The van der Waals surface area contributed by atoms with Crippen molar-refractivity contribution in [3.8, 4) is 0 Å². The van der Waals surface area contributed by atoms with Gasteiger partial charge in [-0.1, -0.05) is 11.6 Å². The van der Waals surface area contributed by atoms with Gasteiger partial charge in [0, 0.05) is 32.8 Å². The van der Waals surface area contributed by atoms with E-state index in [1.54, 1.807) is 21.1 Å². The van der Waals surface area contributed by atoms with Gasteiger partial charge in [0.15, 0.2) is 0 Å². The summed E-state index contributed by atoms with van der Waals surface area (Å²) in [4.78, 5) is 24.9. The molecule has 0 aromatic heterocycles. The molecule has 9 nitrogen and oxygen atoms in total. The quantitative estimate of drug-likeness (QED) is 0.687. The number of carbonyl (C=O) groups is 2. The Morgan fingerprint density at radius 3 is 2.90 bits per heavy atom. The summed E-state index contributed by atoms with van der Waals surface area (Å²) in [6.07, 6.45) is 2.44. The molecule has 2 atom stereocenters. The van der Waals surface area contributed by atoms with Crippen molar-refractivity contribution in [2.24, 2.45) is 5.73 Å². The summed E-state index contributed by atoms with van der Waals surface area (Å²) >= 11 is 6.01. The summed E-state index contributed by atoms with van der Waals surface area (Å²) < 4.78 is 16.2. The molecule has 2 heterocycles. The molecule has 0 aromatic carbocycles. The van der Waals surface area contributed by atoms with Gasteiger partial charge in [0.05, 0.1) is 35.1 Å². The van der Waals surface area contributed by atoms with Crippen LogP contribution in [0.4, 0.5) is 4.79 Å². The number of hydrogen-bond donors (Lipinski definition) is 2. The fraction of sp³-hybridized carbons (Fsp3) is 0.579. The van der Waals surface area contributed by atoms with Gasteiger partial charge >= 0.3 is 6.09 Å². The molecule has 160 valence electrons. The lowest BCUT2D eigenvalue weighted by atomic mass is 10.0. The van der Waals surface area contributed by atoms with E-state index in [9.17, 15) is 9.59 Å². The number of nitrogens with zero attached hydrogens (tertiary/aromatic N) is 2. The highest BCUT2D eigenvalue weighted by Gasteiger charge is 2.36. The van der Waals surface area contributed by atoms with Crippen LogP contribution in [0, 0.1) is 0 Å². The maximum Gasteiger partial charge on any atom is 0.424 e. The van der Waals surface area contributed by atoms with Crippen molar-refractivity contribution in [3.05, 3.63) is 33.9 Å². The number of hydrazine groups is 1. The molecule has 1 saturated heterocycles. The summed E-state index contributed by atoms with van der Waals surface area (Å²) in [5, 5.41) is 6.70. The Kier molecular flexibility index (Phi) is 6.71. The zero-order chi connectivity index (χ0) is 21.1. The number of allylic oxidation sites excluding steroid dienone is 2. The standard InChI is InChI=1S/C19H27ClN4O5/c1-4-28-19(26)23(2)24-8-7-14(15(9-24)27-3)22-18(25)12-6-5-11-16(21)13(20)10-29-17(11)12/h10,14-15H,4-9,21H2,1-3H3,(H,22,25). The van der Waals surface area contributed by atoms with Crippen molar-refractivity contribution < 1.29 is 23.8 Å². The minimum absolute atomic E-state index is 0.194. The van der Waals surface area contributed by atoms with Gasteiger partial charge in [-0.2, -0.15) is 0 Å². The van der Waals surface area contributed by atoms with E-state index in [0.29, 0.717) is 61.0 Å². The number of hydrogen-bond acceptors (Lipinski definition) is 7. The predicted octanol–water partition coefficient (Wildman–Crippen LogP) is 1.57. The van der Waals surface area contributed by atoms with Crippen LogP contribution < -0.4 is 11.1 Å². The van der Waals surface area contributed by atoms with E-state index in [0.717, 1.165) is 5.57 Å². The molecule has 10 heteroatoms. The van der Waals surface area contributed by atoms with Crippen molar-refractivity contribution in [1.82, 2.24) is 15.3 Å². The molecule has 1 aliphatic carbocycles. The maximum absolute atomic E-state index is 12.9. The number of rotatable bonds is 5. The highest BCUT2D eigenvalue weighted by atomic mass is 35.5. The molecule has 0 radical (unpaired) electrons. The first-order valence-electron chi connectivity index (χ1n) is 9.61. The molecular formula is C19H27ClN4O5. The smallest absolute Gasteiger partial charge is 0.424 e. The molecule has 2 aliphatic heterocycles. The summed E-state index contributed by atoms with van der Waals surface area (Å²) in [7, 11) is 3.25.